The fraction of sp³-hybridized carbons (Fsp3) is 0.750. The quantitative estimate of drug-likeness (QED) is 0.503. The standard InChI is InChI=1S/C12H23N3O5/c1-4-5-9(11(17)18)14-12(19)15(2)8-10(16)13-6-7-20-3/h9H,4-8H2,1-3H3,(H,13,16)(H,14,19)(H,17,18). The van der Waals surface area contributed by atoms with Crippen LogP contribution in [0.1, 0.15) is 19.8 Å². The van der Waals surface area contributed by atoms with Crippen LogP contribution in [0.4, 0.5) is 4.79 Å². The van der Waals surface area contributed by atoms with Crippen LogP contribution in [0.25, 0.3) is 0 Å². The minimum atomic E-state index is -1.09. The third-order valence-corrected chi connectivity index (χ3v) is 2.53. The van der Waals surface area contributed by atoms with Crippen molar-refractivity contribution in [3.05, 3.63) is 0 Å². The summed E-state index contributed by atoms with van der Waals surface area (Å²) in [6.45, 7) is 2.43. The molecule has 0 radical (unpaired) electrons. The number of likely N-dealkylation sites (N-methyl/N-ethyl adjacent to an activating group) is 1. The predicted octanol–water partition coefficient (Wildman–Crippen LogP) is -0.356. The van der Waals surface area contributed by atoms with Gasteiger partial charge in [-0.15, -0.1) is 0 Å². The van der Waals surface area contributed by atoms with Gasteiger partial charge in [-0.05, 0) is 6.42 Å². The molecule has 3 amide bonds. The van der Waals surface area contributed by atoms with Gasteiger partial charge in [0, 0.05) is 20.7 Å². The van der Waals surface area contributed by atoms with E-state index >= 15 is 0 Å². The molecule has 8 heteroatoms. The lowest BCUT2D eigenvalue weighted by Crippen LogP contribution is -2.49. The number of carbonyl (C=O) groups excluding carboxylic acids is 2. The summed E-state index contributed by atoms with van der Waals surface area (Å²) in [5.74, 6) is -1.42. The highest BCUT2D eigenvalue weighted by atomic mass is 16.5. The van der Waals surface area contributed by atoms with E-state index in [2.05, 4.69) is 10.6 Å². The number of hydrogen-bond acceptors (Lipinski definition) is 4. The van der Waals surface area contributed by atoms with Crippen molar-refractivity contribution in [3.8, 4) is 0 Å². The van der Waals surface area contributed by atoms with Crippen LogP contribution in [-0.2, 0) is 14.3 Å². The monoisotopic (exact) mass is 289 g/mol. The molecule has 3 N–H and O–H groups in total. The average Bonchev–Trinajstić information content (AvgIpc) is 2.38. The first kappa shape index (κ1) is 18.2. The molecule has 1 unspecified atom stereocenters. The second-order valence-electron chi connectivity index (χ2n) is 4.33. The molecular weight excluding hydrogens is 266 g/mol. The van der Waals surface area contributed by atoms with Crippen molar-refractivity contribution in [2.45, 2.75) is 25.8 Å². The van der Waals surface area contributed by atoms with Gasteiger partial charge in [-0.25, -0.2) is 9.59 Å². The average molecular weight is 289 g/mol. The number of methoxy groups -OCH3 is 1. The topological polar surface area (TPSA) is 108 Å². The van der Waals surface area contributed by atoms with Crippen LogP contribution in [0.15, 0.2) is 0 Å². The third-order valence-electron chi connectivity index (χ3n) is 2.53. The van der Waals surface area contributed by atoms with Gasteiger partial charge in [-0.3, -0.25) is 4.79 Å². The molecule has 1 atom stereocenters. The van der Waals surface area contributed by atoms with Crippen molar-refractivity contribution in [1.82, 2.24) is 15.5 Å². The molecule has 0 spiro atoms. The van der Waals surface area contributed by atoms with Gasteiger partial charge in [-0.1, -0.05) is 13.3 Å². The Hall–Kier alpha value is -1.83. The van der Waals surface area contributed by atoms with Gasteiger partial charge < -0.3 is 25.4 Å². The maximum atomic E-state index is 11.7. The predicted molar refractivity (Wildman–Crippen MR) is 72.4 cm³/mol. The van der Waals surface area contributed by atoms with Crippen LogP contribution in [0.5, 0.6) is 0 Å². The van der Waals surface area contributed by atoms with E-state index in [4.69, 9.17) is 9.84 Å². The second-order valence-corrected chi connectivity index (χ2v) is 4.33. The van der Waals surface area contributed by atoms with Crippen LogP contribution >= 0.6 is 0 Å². The van der Waals surface area contributed by atoms with Crippen LogP contribution < -0.4 is 10.6 Å². The number of ether oxygens (including phenoxy) is 1. The molecule has 8 nitrogen and oxygen atoms in total. The van der Waals surface area contributed by atoms with Crippen LogP contribution in [0, 0.1) is 0 Å². The number of carboxylic acids is 1. The molecule has 0 aromatic heterocycles. The van der Waals surface area contributed by atoms with Gasteiger partial charge in [0.05, 0.1) is 6.61 Å². The first-order valence-electron chi connectivity index (χ1n) is 6.42. The highest BCUT2D eigenvalue weighted by Crippen LogP contribution is 1.98. The summed E-state index contributed by atoms with van der Waals surface area (Å²) in [4.78, 5) is 35.3. The normalized spacial score (nSPS) is 11.6. The van der Waals surface area contributed by atoms with E-state index in [1.807, 2.05) is 6.92 Å². The van der Waals surface area contributed by atoms with Crippen LogP contribution in [0.3, 0.4) is 0 Å². The number of nitrogens with zero attached hydrogens (tertiary/aromatic N) is 1. The lowest BCUT2D eigenvalue weighted by Gasteiger charge is -2.20. The maximum Gasteiger partial charge on any atom is 0.326 e. The molecular formula is C12H23N3O5. The molecule has 0 bridgehead atoms. The summed E-state index contributed by atoms with van der Waals surface area (Å²) in [5, 5.41) is 13.9. The zero-order valence-electron chi connectivity index (χ0n) is 12.1. The number of amides is 3. The van der Waals surface area contributed by atoms with Gasteiger partial charge in [0.1, 0.15) is 12.6 Å². The van der Waals surface area contributed by atoms with Crippen molar-refractivity contribution in [1.29, 1.82) is 0 Å². The summed E-state index contributed by atoms with van der Waals surface area (Å²) in [6.07, 6.45) is 0.980. The molecule has 116 valence electrons. The molecule has 0 aliphatic heterocycles. The Morgan fingerprint density at radius 1 is 1.35 bits per heavy atom. The SMILES string of the molecule is CCCC(NC(=O)N(C)CC(=O)NCCOC)C(=O)O. The molecule has 0 heterocycles. The Morgan fingerprint density at radius 3 is 2.50 bits per heavy atom. The minimum Gasteiger partial charge on any atom is -0.480 e. The number of hydrogen-bond donors (Lipinski definition) is 3. The summed E-state index contributed by atoms with van der Waals surface area (Å²) < 4.78 is 4.78. The van der Waals surface area contributed by atoms with Gasteiger partial charge >= 0.3 is 12.0 Å². The van der Waals surface area contributed by atoms with Gasteiger partial charge in [-0.2, -0.15) is 0 Å². The highest BCUT2D eigenvalue weighted by molar-refractivity contribution is 5.86. The Balaban J connectivity index is 4.19. The lowest BCUT2D eigenvalue weighted by molar-refractivity contribution is -0.139. The third kappa shape index (κ3) is 7.57. The number of carbonyl (C=O) groups is 3. The Morgan fingerprint density at radius 2 is 2.00 bits per heavy atom. The molecule has 0 aromatic rings. The van der Waals surface area contributed by atoms with E-state index < -0.39 is 18.0 Å². The zero-order valence-corrected chi connectivity index (χ0v) is 12.1. The fourth-order valence-electron chi connectivity index (χ4n) is 1.44. The van der Waals surface area contributed by atoms with Gasteiger partial charge in [0.15, 0.2) is 0 Å². The Labute approximate surface area is 118 Å². The maximum absolute atomic E-state index is 11.7. The van der Waals surface area contributed by atoms with E-state index in [1.54, 1.807) is 0 Å². The van der Waals surface area contributed by atoms with Crippen molar-refractivity contribution in [2.24, 2.45) is 0 Å². The number of carboxylic acid groups (broad SMARTS) is 1. The van der Waals surface area contributed by atoms with Gasteiger partial charge in [0.2, 0.25) is 5.91 Å². The first-order chi connectivity index (χ1) is 9.42. The number of urea groups is 1. The van der Waals surface area contributed by atoms with Crippen molar-refractivity contribution >= 4 is 17.9 Å². The van der Waals surface area contributed by atoms with Crippen LogP contribution in [0.2, 0.25) is 0 Å². The zero-order chi connectivity index (χ0) is 15.5. The molecule has 0 aromatic carbocycles. The van der Waals surface area contributed by atoms with Crippen molar-refractivity contribution in [2.75, 3.05) is 33.9 Å². The molecule has 0 saturated heterocycles. The number of aliphatic carboxylic acids is 1. The van der Waals surface area contributed by atoms with Crippen LogP contribution in [-0.4, -0.2) is 67.8 Å². The summed E-state index contributed by atoms with van der Waals surface area (Å²) >= 11 is 0. The summed E-state index contributed by atoms with van der Waals surface area (Å²) in [7, 11) is 2.95. The summed E-state index contributed by atoms with van der Waals surface area (Å²) in [5.41, 5.74) is 0. The van der Waals surface area contributed by atoms with Crippen molar-refractivity contribution in [3.63, 3.8) is 0 Å². The Bertz CT molecular complexity index is 335. The first-order valence-corrected chi connectivity index (χ1v) is 6.42. The molecule has 0 rings (SSSR count). The molecule has 0 saturated carbocycles. The van der Waals surface area contributed by atoms with E-state index in [0.29, 0.717) is 26.0 Å². The number of rotatable bonds is 9. The largest absolute Gasteiger partial charge is 0.480 e. The van der Waals surface area contributed by atoms with E-state index in [0.717, 1.165) is 4.90 Å². The van der Waals surface area contributed by atoms with E-state index in [9.17, 15) is 14.4 Å². The molecule has 20 heavy (non-hydrogen) atoms. The second kappa shape index (κ2) is 10.0. The molecule has 0 fully saturated rings. The Kier molecular flexibility index (Phi) is 9.10. The highest BCUT2D eigenvalue weighted by Gasteiger charge is 2.21. The number of nitrogens with one attached hydrogen (secondary N) is 2. The smallest absolute Gasteiger partial charge is 0.326 e. The molecule has 0 aliphatic rings. The van der Waals surface area contributed by atoms with E-state index in [1.165, 1.54) is 14.2 Å². The van der Waals surface area contributed by atoms with Gasteiger partial charge in [0.25, 0.3) is 0 Å². The summed E-state index contributed by atoms with van der Waals surface area (Å²) in [6, 6.07) is -1.53. The fourth-order valence-corrected chi connectivity index (χ4v) is 1.44. The van der Waals surface area contributed by atoms with Crippen molar-refractivity contribution < 1.29 is 24.2 Å². The van der Waals surface area contributed by atoms with E-state index in [-0.39, 0.29) is 12.5 Å². The lowest BCUT2D eigenvalue weighted by atomic mass is 10.2. The minimum absolute atomic E-state index is 0.145. The molecule has 0 aliphatic carbocycles.